The van der Waals surface area contributed by atoms with Crippen molar-refractivity contribution in [1.29, 1.82) is 0 Å². The molecule has 33 heavy (non-hydrogen) atoms. The molecule has 3 aromatic rings. The van der Waals surface area contributed by atoms with Gasteiger partial charge in [-0.05, 0) is 54.8 Å². The number of hydrogen-bond donors (Lipinski definition) is 0. The van der Waals surface area contributed by atoms with Crippen LogP contribution in [0.15, 0.2) is 60.7 Å². The van der Waals surface area contributed by atoms with Gasteiger partial charge in [-0.3, -0.25) is 4.79 Å². The normalized spacial score (nSPS) is 11.1. The summed E-state index contributed by atoms with van der Waals surface area (Å²) in [7, 11) is 0. The van der Waals surface area contributed by atoms with Gasteiger partial charge in [0.2, 0.25) is 0 Å². The lowest BCUT2D eigenvalue weighted by molar-refractivity contribution is 0.112. The van der Waals surface area contributed by atoms with Crippen molar-refractivity contribution in [3.63, 3.8) is 0 Å². The maximum atomic E-state index is 11.0. The van der Waals surface area contributed by atoms with E-state index >= 15 is 0 Å². The Hall–Kier alpha value is -2.85. The highest BCUT2D eigenvalue weighted by atomic mass is 32.1. The van der Waals surface area contributed by atoms with E-state index in [1.807, 2.05) is 30.3 Å². The summed E-state index contributed by atoms with van der Waals surface area (Å²) in [5.41, 5.74) is 3.41. The predicted molar refractivity (Wildman–Crippen MR) is 142 cm³/mol. The van der Waals surface area contributed by atoms with E-state index in [2.05, 4.69) is 61.2 Å². The highest BCUT2D eigenvalue weighted by Gasteiger charge is 2.10. The summed E-state index contributed by atoms with van der Waals surface area (Å²) in [6, 6.07) is 20.7. The maximum Gasteiger partial charge on any atom is 0.160 e. The highest BCUT2D eigenvalue weighted by molar-refractivity contribution is 7.14. The zero-order valence-corrected chi connectivity index (χ0v) is 20.7. The summed E-state index contributed by atoms with van der Waals surface area (Å²) in [6.07, 6.45) is 11.1. The van der Waals surface area contributed by atoms with Gasteiger partial charge >= 0.3 is 0 Å². The molecule has 3 nitrogen and oxygen atoms in total. The van der Waals surface area contributed by atoms with Gasteiger partial charge in [-0.25, -0.2) is 0 Å². The Balaban J connectivity index is 1.85. The Kier molecular flexibility index (Phi) is 10.2. The second-order valence-electron chi connectivity index (χ2n) is 8.24. The molecule has 0 N–H and O–H groups in total. The van der Waals surface area contributed by atoms with Gasteiger partial charge in [0, 0.05) is 35.3 Å². The number of aldehydes is 1. The molecule has 2 aromatic carbocycles. The van der Waals surface area contributed by atoms with Gasteiger partial charge in [0.15, 0.2) is 6.29 Å². The smallest absolute Gasteiger partial charge is 0.160 e. The molecule has 0 amide bonds. The predicted octanol–water partition coefficient (Wildman–Crippen LogP) is 8.11. The van der Waals surface area contributed by atoms with E-state index in [1.54, 1.807) is 0 Å². The fourth-order valence-electron chi connectivity index (χ4n) is 3.68. The molecule has 3 rings (SSSR count). The van der Waals surface area contributed by atoms with Crippen LogP contribution in [0.1, 0.15) is 71.6 Å². The van der Waals surface area contributed by atoms with Crippen molar-refractivity contribution in [3.05, 3.63) is 81.5 Å². The molecule has 0 aliphatic carbocycles. The number of hydrogen-bond acceptors (Lipinski definition) is 4. The first kappa shape index (κ1) is 24.8. The lowest BCUT2D eigenvalue weighted by Gasteiger charge is -2.26. The second kappa shape index (κ2) is 13.6. The number of unbranched alkanes of at least 4 members (excludes halogenated alkanes) is 3. The third-order valence-corrected chi connectivity index (χ3v) is 6.58. The SMILES string of the molecule is CCCCCN(CCCC)c1ccc(C=Cc2ccc(C=O)s2)c(OCc2ccccc2)c1. The van der Waals surface area contributed by atoms with Gasteiger partial charge in [0.25, 0.3) is 0 Å². The Bertz CT molecular complexity index is 1010. The quantitative estimate of drug-likeness (QED) is 0.179. The Morgan fingerprint density at radius 3 is 2.33 bits per heavy atom. The molecule has 0 fully saturated rings. The van der Waals surface area contributed by atoms with E-state index in [1.165, 1.54) is 49.1 Å². The molecule has 0 saturated heterocycles. The number of nitrogens with zero attached hydrogens (tertiary/aromatic N) is 1. The number of benzene rings is 2. The lowest BCUT2D eigenvalue weighted by atomic mass is 10.1. The first-order chi connectivity index (χ1) is 16.2. The Morgan fingerprint density at radius 2 is 1.61 bits per heavy atom. The number of rotatable bonds is 14. The van der Waals surface area contributed by atoms with E-state index in [4.69, 9.17) is 4.74 Å². The van der Waals surface area contributed by atoms with Crippen molar-refractivity contribution in [2.24, 2.45) is 0 Å². The van der Waals surface area contributed by atoms with Gasteiger partial charge < -0.3 is 9.64 Å². The first-order valence-corrected chi connectivity index (χ1v) is 12.8. The maximum absolute atomic E-state index is 11.0. The molecule has 0 radical (unpaired) electrons. The number of carbonyl (C=O) groups excluding carboxylic acids is 1. The Labute approximate surface area is 202 Å². The molecule has 0 unspecified atom stereocenters. The molecule has 0 aliphatic heterocycles. The van der Waals surface area contributed by atoms with Gasteiger partial charge in [0.05, 0.1) is 4.88 Å². The molecule has 0 aliphatic rings. The summed E-state index contributed by atoms with van der Waals surface area (Å²) in [6.45, 7) is 7.16. The third kappa shape index (κ3) is 7.90. The lowest BCUT2D eigenvalue weighted by Crippen LogP contribution is -2.25. The van der Waals surface area contributed by atoms with E-state index in [-0.39, 0.29) is 0 Å². The molecule has 4 heteroatoms. The standard InChI is InChI=1S/C29H35NO2S/c1-3-5-10-20-30(19-6-4-2)26-15-13-25(14-16-27-17-18-28(22-31)33-27)29(21-26)32-23-24-11-8-7-9-12-24/h7-9,11-18,21-22H,3-6,10,19-20,23H2,1-2H3. The van der Waals surface area contributed by atoms with Crippen molar-refractivity contribution >= 4 is 35.5 Å². The fraction of sp³-hybridized carbons (Fsp3) is 0.345. The molecule has 0 atom stereocenters. The minimum atomic E-state index is 0.532. The summed E-state index contributed by atoms with van der Waals surface area (Å²) in [5.74, 6) is 0.886. The monoisotopic (exact) mass is 461 g/mol. The van der Waals surface area contributed by atoms with Gasteiger partial charge in [-0.1, -0.05) is 63.4 Å². The van der Waals surface area contributed by atoms with Gasteiger partial charge in [0.1, 0.15) is 12.4 Å². The summed E-state index contributed by atoms with van der Waals surface area (Å²) >= 11 is 1.49. The van der Waals surface area contributed by atoms with Crippen molar-refractivity contribution in [2.75, 3.05) is 18.0 Å². The summed E-state index contributed by atoms with van der Waals surface area (Å²) in [4.78, 5) is 15.3. The van der Waals surface area contributed by atoms with Crippen LogP contribution in [-0.2, 0) is 6.61 Å². The van der Waals surface area contributed by atoms with Crippen LogP contribution in [-0.4, -0.2) is 19.4 Å². The van der Waals surface area contributed by atoms with Crippen LogP contribution in [0.4, 0.5) is 5.69 Å². The van der Waals surface area contributed by atoms with Crippen LogP contribution < -0.4 is 9.64 Å². The number of carbonyl (C=O) groups is 1. The molecule has 0 saturated carbocycles. The van der Waals surface area contributed by atoms with Crippen LogP contribution in [0, 0.1) is 0 Å². The highest BCUT2D eigenvalue weighted by Crippen LogP contribution is 2.30. The number of thiophene rings is 1. The zero-order chi connectivity index (χ0) is 23.3. The van der Waals surface area contributed by atoms with Crippen LogP contribution in [0.2, 0.25) is 0 Å². The summed E-state index contributed by atoms with van der Waals surface area (Å²) < 4.78 is 6.33. The number of ether oxygens (including phenoxy) is 1. The second-order valence-corrected chi connectivity index (χ2v) is 9.38. The third-order valence-electron chi connectivity index (χ3n) is 5.60. The summed E-state index contributed by atoms with van der Waals surface area (Å²) in [5, 5.41) is 0. The minimum absolute atomic E-state index is 0.532. The van der Waals surface area contributed by atoms with Gasteiger partial charge in [-0.15, -0.1) is 11.3 Å². The van der Waals surface area contributed by atoms with Crippen molar-refractivity contribution in [1.82, 2.24) is 0 Å². The van der Waals surface area contributed by atoms with E-state index in [0.717, 1.165) is 46.0 Å². The molecule has 1 heterocycles. The first-order valence-electron chi connectivity index (χ1n) is 12.0. The molecular formula is C29H35NO2S. The van der Waals surface area contributed by atoms with Crippen LogP contribution in [0.3, 0.4) is 0 Å². The molecule has 0 bridgehead atoms. The molecule has 174 valence electrons. The van der Waals surface area contributed by atoms with Crippen molar-refractivity contribution in [2.45, 2.75) is 52.6 Å². The number of anilines is 1. The fourth-order valence-corrected chi connectivity index (χ4v) is 4.41. The van der Waals surface area contributed by atoms with Crippen LogP contribution in [0.25, 0.3) is 12.2 Å². The average molecular weight is 462 g/mol. The van der Waals surface area contributed by atoms with E-state index in [0.29, 0.717) is 6.61 Å². The minimum Gasteiger partial charge on any atom is -0.488 e. The van der Waals surface area contributed by atoms with E-state index in [9.17, 15) is 4.79 Å². The molecular weight excluding hydrogens is 426 g/mol. The Morgan fingerprint density at radius 1 is 0.848 bits per heavy atom. The largest absolute Gasteiger partial charge is 0.488 e. The van der Waals surface area contributed by atoms with Crippen LogP contribution in [0.5, 0.6) is 5.75 Å². The van der Waals surface area contributed by atoms with Crippen molar-refractivity contribution in [3.8, 4) is 5.75 Å². The molecule has 1 aromatic heterocycles. The van der Waals surface area contributed by atoms with Gasteiger partial charge in [-0.2, -0.15) is 0 Å². The zero-order valence-electron chi connectivity index (χ0n) is 19.8. The average Bonchev–Trinajstić information content (AvgIpc) is 3.32. The topological polar surface area (TPSA) is 29.5 Å². The van der Waals surface area contributed by atoms with Crippen LogP contribution >= 0.6 is 11.3 Å². The van der Waals surface area contributed by atoms with Crippen molar-refractivity contribution < 1.29 is 9.53 Å². The molecule has 0 spiro atoms. The van der Waals surface area contributed by atoms with E-state index < -0.39 is 0 Å².